The maximum absolute atomic E-state index is 5.55. The molecule has 0 aromatic heterocycles. The van der Waals surface area contributed by atoms with E-state index in [4.69, 9.17) is 5.73 Å². The molecule has 0 aromatic carbocycles. The van der Waals surface area contributed by atoms with Gasteiger partial charge in [0.1, 0.15) is 0 Å². The number of rotatable bonds is 1. The van der Waals surface area contributed by atoms with Crippen LogP contribution in [0, 0.1) is 11.8 Å². The highest BCUT2D eigenvalue weighted by molar-refractivity contribution is 4.69. The van der Waals surface area contributed by atoms with Gasteiger partial charge in [0, 0.05) is 1.43 Å². The summed E-state index contributed by atoms with van der Waals surface area (Å²) in [5, 5.41) is 0. The molecule has 0 radical (unpaired) electrons. The van der Waals surface area contributed by atoms with Crippen LogP contribution in [0.15, 0.2) is 0 Å². The molecule has 0 aliphatic heterocycles. The molecule has 1 aliphatic carbocycles. The van der Waals surface area contributed by atoms with Crippen LogP contribution in [-0.2, 0) is 0 Å². The van der Waals surface area contributed by atoms with Crippen molar-refractivity contribution in [2.45, 2.75) is 32.6 Å². The van der Waals surface area contributed by atoms with Crippen LogP contribution in [0.5, 0.6) is 0 Å². The van der Waals surface area contributed by atoms with Crippen molar-refractivity contribution in [2.75, 3.05) is 6.54 Å². The first-order chi connectivity index (χ1) is 4.33. The maximum Gasteiger partial charge on any atom is 0 e. The van der Waals surface area contributed by atoms with E-state index >= 15 is 0 Å². The van der Waals surface area contributed by atoms with Crippen LogP contribution in [0.2, 0.25) is 0 Å². The van der Waals surface area contributed by atoms with E-state index < -0.39 is 0 Å². The van der Waals surface area contributed by atoms with Crippen LogP contribution in [-0.4, -0.2) is 6.54 Å². The molecule has 0 atom stereocenters. The molecule has 1 rings (SSSR count). The van der Waals surface area contributed by atoms with E-state index in [2.05, 4.69) is 6.92 Å². The Labute approximate surface area is 59.1 Å². The van der Waals surface area contributed by atoms with E-state index in [0.29, 0.717) is 0 Å². The van der Waals surface area contributed by atoms with Crippen molar-refractivity contribution in [3.8, 4) is 0 Å². The highest BCUT2D eigenvalue weighted by atomic mass is 14.5. The summed E-state index contributed by atoms with van der Waals surface area (Å²) >= 11 is 0. The minimum absolute atomic E-state index is 0. The van der Waals surface area contributed by atoms with Crippen LogP contribution >= 0.6 is 0 Å². The molecule has 0 unspecified atom stereocenters. The van der Waals surface area contributed by atoms with Crippen LogP contribution < -0.4 is 5.73 Å². The van der Waals surface area contributed by atoms with Gasteiger partial charge in [0.25, 0.3) is 0 Å². The van der Waals surface area contributed by atoms with Crippen molar-refractivity contribution in [2.24, 2.45) is 17.6 Å². The van der Waals surface area contributed by atoms with Crippen molar-refractivity contribution < 1.29 is 1.43 Å². The van der Waals surface area contributed by atoms with Gasteiger partial charge in [0.05, 0.1) is 0 Å². The summed E-state index contributed by atoms with van der Waals surface area (Å²) in [5.41, 5.74) is 5.55. The highest BCUT2D eigenvalue weighted by Crippen LogP contribution is 2.26. The summed E-state index contributed by atoms with van der Waals surface area (Å²) in [6.07, 6.45) is 5.55. The Morgan fingerprint density at radius 2 is 1.89 bits per heavy atom. The monoisotopic (exact) mass is 129 g/mol. The van der Waals surface area contributed by atoms with Crippen molar-refractivity contribution in [1.29, 1.82) is 0 Å². The first-order valence-corrected chi connectivity index (χ1v) is 4.03. The Bertz CT molecular complexity index is 77.3. The van der Waals surface area contributed by atoms with Crippen molar-refractivity contribution in [1.82, 2.24) is 0 Å². The summed E-state index contributed by atoms with van der Waals surface area (Å²) < 4.78 is 0. The predicted octanol–water partition coefficient (Wildman–Crippen LogP) is 2.02. The van der Waals surface area contributed by atoms with E-state index in [1.807, 2.05) is 0 Å². The van der Waals surface area contributed by atoms with Crippen LogP contribution in [0.3, 0.4) is 0 Å². The molecule has 1 heteroatoms. The van der Waals surface area contributed by atoms with Gasteiger partial charge >= 0.3 is 0 Å². The molecule has 1 fully saturated rings. The van der Waals surface area contributed by atoms with Crippen LogP contribution in [0.4, 0.5) is 0 Å². The fourth-order valence-electron chi connectivity index (χ4n) is 1.56. The highest BCUT2D eigenvalue weighted by Gasteiger charge is 2.15. The van der Waals surface area contributed by atoms with E-state index in [-0.39, 0.29) is 1.43 Å². The molecule has 0 heterocycles. The lowest BCUT2D eigenvalue weighted by molar-refractivity contribution is 0.296. The zero-order valence-corrected chi connectivity index (χ0v) is 6.27. The van der Waals surface area contributed by atoms with Gasteiger partial charge in [-0.1, -0.05) is 19.8 Å². The third kappa shape index (κ3) is 1.98. The summed E-state index contributed by atoms with van der Waals surface area (Å²) in [5.74, 6) is 1.81. The lowest BCUT2D eigenvalue weighted by Crippen LogP contribution is -2.20. The van der Waals surface area contributed by atoms with Crippen LogP contribution in [0.25, 0.3) is 0 Å². The quantitative estimate of drug-likeness (QED) is 0.576. The van der Waals surface area contributed by atoms with Gasteiger partial charge in [-0.05, 0) is 31.2 Å². The Hall–Kier alpha value is -0.0400. The van der Waals surface area contributed by atoms with Gasteiger partial charge < -0.3 is 5.73 Å². The first-order valence-electron chi connectivity index (χ1n) is 4.03. The SMILES string of the molecule is CC1CCC(CN)CC1.[HH]. The lowest BCUT2D eigenvalue weighted by atomic mass is 9.83. The maximum atomic E-state index is 5.55. The Kier molecular flexibility index (Phi) is 2.52. The summed E-state index contributed by atoms with van der Waals surface area (Å²) in [6.45, 7) is 3.25. The standard InChI is InChI=1S/C8H17N.H2/c1-7-2-4-8(6-9)5-3-7;/h7-8H,2-6,9H2,1H3;1H. The zero-order chi connectivity index (χ0) is 6.69. The second-order valence-electron chi connectivity index (χ2n) is 3.36. The van der Waals surface area contributed by atoms with E-state index in [0.717, 1.165) is 18.4 Å². The predicted molar refractivity (Wildman–Crippen MR) is 42.3 cm³/mol. The summed E-state index contributed by atoms with van der Waals surface area (Å²) in [7, 11) is 0. The van der Waals surface area contributed by atoms with Crippen molar-refractivity contribution >= 4 is 0 Å². The van der Waals surface area contributed by atoms with Gasteiger partial charge in [-0.15, -0.1) is 0 Å². The van der Waals surface area contributed by atoms with Gasteiger partial charge in [-0.25, -0.2) is 0 Å². The first kappa shape index (κ1) is 7.07. The third-order valence-corrected chi connectivity index (χ3v) is 2.47. The Morgan fingerprint density at radius 3 is 2.33 bits per heavy atom. The molecule has 1 nitrogen and oxygen atoms in total. The zero-order valence-electron chi connectivity index (χ0n) is 6.27. The molecule has 2 N–H and O–H groups in total. The second kappa shape index (κ2) is 3.21. The van der Waals surface area contributed by atoms with Crippen LogP contribution in [0.1, 0.15) is 34.0 Å². The average molecular weight is 129 g/mol. The number of hydrogen-bond acceptors (Lipinski definition) is 1. The minimum atomic E-state index is 0. The van der Waals surface area contributed by atoms with Gasteiger partial charge in [0.15, 0.2) is 0 Å². The van der Waals surface area contributed by atoms with Gasteiger partial charge in [-0.3, -0.25) is 0 Å². The lowest BCUT2D eigenvalue weighted by Gasteiger charge is -2.24. The molecule has 0 spiro atoms. The van der Waals surface area contributed by atoms with Crippen molar-refractivity contribution in [3.05, 3.63) is 0 Å². The summed E-state index contributed by atoms with van der Waals surface area (Å²) in [4.78, 5) is 0. The number of nitrogens with two attached hydrogens (primary N) is 1. The topological polar surface area (TPSA) is 26.0 Å². The van der Waals surface area contributed by atoms with E-state index in [9.17, 15) is 0 Å². The van der Waals surface area contributed by atoms with Crippen molar-refractivity contribution in [3.63, 3.8) is 0 Å². The molecular weight excluding hydrogens is 110 g/mol. The normalized spacial score (nSPS) is 36.7. The average Bonchev–Trinajstić information content (AvgIpc) is 1.90. The fraction of sp³-hybridized carbons (Fsp3) is 1.00. The van der Waals surface area contributed by atoms with E-state index in [1.54, 1.807) is 0 Å². The minimum Gasteiger partial charge on any atom is -0.330 e. The largest absolute Gasteiger partial charge is 0.330 e. The molecule has 0 aromatic rings. The Balaban J connectivity index is 0.000000810. The smallest absolute Gasteiger partial charge is 0 e. The molecule has 9 heavy (non-hydrogen) atoms. The molecule has 0 saturated heterocycles. The van der Waals surface area contributed by atoms with E-state index in [1.165, 1.54) is 25.7 Å². The molecule has 1 aliphatic rings. The van der Waals surface area contributed by atoms with Gasteiger partial charge in [0.2, 0.25) is 0 Å². The molecule has 0 bridgehead atoms. The van der Waals surface area contributed by atoms with Gasteiger partial charge in [-0.2, -0.15) is 0 Å². The summed E-state index contributed by atoms with van der Waals surface area (Å²) in [6, 6.07) is 0. The third-order valence-electron chi connectivity index (χ3n) is 2.47. The molecule has 1 saturated carbocycles. The molecule has 56 valence electrons. The molecular formula is C8H19N. The number of hydrogen-bond donors (Lipinski definition) is 1. The Morgan fingerprint density at radius 1 is 1.33 bits per heavy atom. The molecule has 0 amide bonds. The second-order valence-corrected chi connectivity index (χ2v) is 3.36. The fourth-order valence-corrected chi connectivity index (χ4v) is 1.56.